The van der Waals surface area contributed by atoms with Crippen LogP contribution in [0.2, 0.25) is 5.02 Å². The van der Waals surface area contributed by atoms with Gasteiger partial charge in [-0.1, -0.05) is 23.7 Å². The lowest BCUT2D eigenvalue weighted by atomic mass is 9.64. The van der Waals surface area contributed by atoms with E-state index < -0.39 is 0 Å². The maximum Gasteiger partial charge on any atom is 0.255 e. The van der Waals surface area contributed by atoms with Crippen LogP contribution in [0.15, 0.2) is 53.5 Å². The summed E-state index contributed by atoms with van der Waals surface area (Å²) in [7, 11) is 1.67. The van der Waals surface area contributed by atoms with Crippen molar-refractivity contribution >= 4 is 22.4 Å². The molecule has 1 unspecified atom stereocenters. The van der Waals surface area contributed by atoms with Crippen molar-refractivity contribution in [2.45, 2.75) is 49.7 Å². The minimum atomic E-state index is -0.257. The molecule has 1 heterocycles. The number of nitrogens with one attached hydrogen (secondary N) is 1. The van der Waals surface area contributed by atoms with Gasteiger partial charge in [-0.3, -0.25) is 4.79 Å². The molecule has 1 aliphatic carbocycles. The third-order valence-corrected chi connectivity index (χ3v) is 7.00. The molecule has 1 saturated carbocycles. The number of fused-ring (bicyclic) bond motifs is 1. The summed E-state index contributed by atoms with van der Waals surface area (Å²) in [6.07, 6.45) is 5.54. The summed E-state index contributed by atoms with van der Waals surface area (Å²) in [6.45, 7) is 0.579. The highest BCUT2D eigenvalue weighted by molar-refractivity contribution is 6.32. The molecule has 170 valence electrons. The number of hydrogen-bond acceptors (Lipinski definition) is 4. The second-order valence-electron chi connectivity index (χ2n) is 8.54. The van der Waals surface area contributed by atoms with Crippen molar-refractivity contribution < 1.29 is 13.9 Å². The van der Waals surface area contributed by atoms with Crippen LogP contribution in [0.3, 0.4) is 0 Å². The number of nitrogens with two attached hydrogens (primary N) is 1. The Bertz CT molecular complexity index is 1120. The monoisotopic (exact) mass is 458 g/mol. The van der Waals surface area contributed by atoms with Gasteiger partial charge in [0.1, 0.15) is 11.6 Å². The third-order valence-electron chi connectivity index (χ3n) is 6.71. The van der Waals surface area contributed by atoms with Gasteiger partial charge < -0.3 is 20.2 Å². The van der Waals surface area contributed by atoms with E-state index in [1.54, 1.807) is 19.4 Å². The van der Waals surface area contributed by atoms with Crippen molar-refractivity contribution in [3.63, 3.8) is 0 Å². The number of methoxy groups -OCH3 is 1. The van der Waals surface area contributed by atoms with Crippen molar-refractivity contribution in [1.29, 1.82) is 0 Å². The molecule has 5 nitrogen and oxygen atoms in total. The van der Waals surface area contributed by atoms with E-state index >= 15 is 0 Å². The minimum absolute atomic E-state index is 0.0184. The van der Waals surface area contributed by atoms with E-state index in [2.05, 4.69) is 4.98 Å². The maximum absolute atomic E-state index is 13.6. The molecule has 1 atom stereocenters. The molecule has 3 aromatic rings. The topological polar surface area (TPSA) is 77.3 Å². The predicted octanol–water partition coefficient (Wildman–Crippen LogP) is 4.94. The van der Waals surface area contributed by atoms with Crippen LogP contribution in [0.1, 0.15) is 37.7 Å². The lowest BCUT2D eigenvalue weighted by molar-refractivity contribution is 0.0942. The highest BCUT2D eigenvalue weighted by atomic mass is 35.5. The molecular weight excluding hydrogens is 431 g/mol. The number of ether oxygens (including phenoxy) is 2. The molecule has 0 aliphatic heterocycles. The summed E-state index contributed by atoms with van der Waals surface area (Å²) in [5.74, 6) is 0.323. The van der Waals surface area contributed by atoms with Crippen LogP contribution >= 0.6 is 11.6 Å². The lowest BCUT2D eigenvalue weighted by Crippen LogP contribution is -2.49. The Morgan fingerprint density at radius 1 is 1.22 bits per heavy atom. The largest absolute Gasteiger partial charge is 0.489 e. The van der Waals surface area contributed by atoms with Gasteiger partial charge in [0.05, 0.1) is 11.1 Å². The number of pyridine rings is 1. The minimum Gasteiger partial charge on any atom is -0.489 e. The van der Waals surface area contributed by atoms with Crippen molar-refractivity contribution in [2.24, 2.45) is 5.73 Å². The number of hydrogen-bond donors (Lipinski definition) is 2. The number of benzene rings is 2. The zero-order chi connectivity index (χ0) is 22.7. The van der Waals surface area contributed by atoms with Gasteiger partial charge in [-0.15, -0.1) is 0 Å². The highest BCUT2D eigenvalue weighted by Crippen LogP contribution is 2.44. The highest BCUT2D eigenvalue weighted by Gasteiger charge is 2.42. The van der Waals surface area contributed by atoms with Gasteiger partial charge in [0, 0.05) is 36.8 Å². The molecule has 0 amide bonds. The Hall–Kier alpha value is -2.41. The average Bonchev–Trinajstić information content (AvgIpc) is 2.80. The van der Waals surface area contributed by atoms with E-state index in [4.69, 9.17) is 26.8 Å². The summed E-state index contributed by atoms with van der Waals surface area (Å²) in [6, 6.07) is 11.9. The average molecular weight is 459 g/mol. The number of aromatic amines is 1. The Kier molecular flexibility index (Phi) is 6.84. The molecule has 3 N–H and O–H groups in total. The molecule has 32 heavy (non-hydrogen) atoms. The van der Waals surface area contributed by atoms with Crippen LogP contribution in [0, 0.1) is 5.82 Å². The van der Waals surface area contributed by atoms with Crippen LogP contribution in [-0.4, -0.2) is 30.8 Å². The van der Waals surface area contributed by atoms with Crippen molar-refractivity contribution in [3.8, 4) is 5.75 Å². The molecular formula is C25H28ClFN2O3. The first-order valence-corrected chi connectivity index (χ1v) is 11.3. The van der Waals surface area contributed by atoms with Crippen LogP contribution in [0.25, 0.3) is 10.8 Å². The van der Waals surface area contributed by atoms with Crippen LogP contribution in [0.4, 0.5) is 4.39 Å². The van der Waals surface area contributed by atoms with Gasteiger partial charge in [0.2, 0.25) is 0 Å². The van der Waals surface area contributed by atoms with Crippen LogP contribution in [-0.2, 0) is 10.2 Å². The van der Waals surface area contributed by atoms with Gasteiger partial charge in [0.25, 0.3) is 5.56 Å². The standard InChI is InChI=1S/C25H28ClFN2O3/c1-31-13-9-23(28)25(17-2-4-18(27)5-3-17)10-6-19(7-11-25)32-22-14-16-8-12-29-24(30)20(16)15-21(22)26/h2-5,8,12,14-15,19,23H,6-7,9-11,13,28H2,1H3,(H,29,30)/t19-,23?,25+. The molecule has 4 rings (SSSR count). The van der Waals surface area contributed by atoms with E-state index in [0.29, 0.717) is 22.8 Å². The zero-order valence-electron chi connectivity index (χ0n) is 18.1. The zero-order valence-corrected chi connectivity index (χ0v) is 18.8. The summed E-state index contributed by atoms with van der Waals surface area (Å²) >= 11 is 6.42. The Balaban J connectivity index is 1.54. The van der Waals surface area contributed by atoms with Crippen molar-refractivity contribution in [1.82, 2.24) is 4.98 Å². The second-order valence-corrected chi connectivity index (χ2v) is 8.95. The van der Waals surface area contributed by atoms with Gasteiger partial charge in [-0.25, -0.2) is 4.39 Å². The molecule has 0 saturated heterocycles. The number of aromatic nitrogens is 1. The summed E-state index contributed by atoms with van der Waals surface area (Å²) < 4.78 is 25.1. The van der Waals surface area contributed by atoms with Gasteiger partial charge >= 0.3 is 0 Å². The summed E-state index contributed by atoms with van der Waals surface area (Å²) in [5.41, 5.74) is 7.29. The van der Waals surface area contributed by atoms with Crippen LogP contribution < -0.4 is 16.0 Å². The molecule has 0 spiro atoms. The van der Waals surface area contributed by atoms with Crippen molar-refractivity contribution in [2.75, 3.05) is 13.7 Å². The van der Waals surface area contributed by atoms with E-state index in [0.717, 1.165) is 43.1 Å². The Labute approximate surface area is 191 Å². The van der Waals surface area contributed by atoms with Gasteiger partial charge in [-0.05, 0) is 73.4 Å². The SMILES string of the molecule is COCCC(N)[C@]1(c2ccc(F)cc2)CC[C@H](Oc2cc3cc[nH]c(=O)c3cc2Cl)CC1. The first-order valence-electron chi connectivity index (χ1n) is 10.9. The fraction of sp³-hybridized carbons (Fsp3) is 0.400. The first kappa shape index (κ1) is 22.8. The fourth-order valence-corrected chi connectivity index (χ4v) is 5.07. The second kappa shape index (κ2) is 9.61. The molecule has 7 heteroatoms. The smallest absolute Gasteiger partial charge is 0.255 e. The number of H-pyrrole nitrogens is 1. The number of rotatable bonds is 7. The number of halogens is 2. The van der Waals surface area contributed by atoms with Gasteiger partial charge in [0.15, 0.2) is 0 Å². The Morgan fingerprint density at radius 2 is 1.94 bits per heavy atom. The first-order chi connectivity index (χ1) is 15.4. The molecule has 2 aromatic carbocycles. The van der Waals surface area contributed by atoms with E-state index in [1.807, 2.05) is 24.3 Å². The Morgan fingerprint density at radius 3 is 2.62 bits per heavy atom. The lowest BCUT2D eigenvalue weighted by Gasteiger charge is -2.44. The van der Waals surface area contributed by atoms with Crippen molar-refractivity contribution in [3.05, 3.63) is 75.4 Å². The maximum atomic E-state index is 13.6. The van der Waals surface area contributed by atoms with E-state index in [1.165, 1.54) is 12.1 Å². The molecule has 1 aliphatic rings. The summed E-state index contributed by atoms with van der Waals surface area (Å²) in [5, 5.41) is 1.74. The fourth-order valence-electron chi connectivity index (χ4n) is 4.86. The van der Waals surface area contributed by atoms with Gasteiger partial charge in [-0.2, -0.15) is 0 Å². The van der Waals surface area contributed by atoms with E-state index in [9.17, 15) is 9.18 Å². The van der Waals surface area contributed by atoms with Crippen LogP contribution in [0.5, 0.6) is 5.75 Å². The predicted molar refractivity (Wildman–Crippen MR) is 125 cm³/mol. The molecule has 1 aromatic heterocycles. The quantitative estimate of drug-likeness (QED) is 0.525. The van der Waals surface area contributed by atoms with E-state index in [-0.39, 0.29) is 28.9 Å². The molecule has 0 bridgehead atoms. The molecule has 1 fully saturated rings. The molecule has 0 radical (unpaired) electrons. The summed E-state index contributed by atoms with van der Waals surface area (Å²) in [4.78, 5) is 14.7. The third kappa shape index (κ3) is 4.53. The normalized spacial score (nSPS) is 22.1.